The maximum Gasteiger partial charge on any atom is 0.455 e. The third-order valence-corrected chi connectivity index (χ3v) is 2.83. The minimum Gasteiger partial charge on any atom is -0.464 e. The molecule has 19 heteroatoms. The fourth-order valence-electron chi connectivity index (χ4n) is 1.32. The molecule has 0 rings (SSSR count). The van der Waals surface area contributed by atoms with Crippen LogP contribution in [0.4, 0.5) is 65.9 Å². The molecule has 0 saturated heterocycles. The number of esters is 1. The van der Waals surface area contributed by atoms with Gasteiger partial charge in [-0.25, -0.2) is 4.79 Å². The van der Waals surface area contributed by atoms with Crippen LogP contribution in [0.1, 0.15) is 0 Å². The Bertz CT molecular complexity index is 666. The number of rotatable bonds is 9. The number of halogens is 15. The van der Waals surface area contributed by atoms with Crippen molar-refractivity contribution >= 4 is 5.97 Å². The van der Waals surface area contributed by atoms with E-state index in [0.717, 1.165) is 0 Å². The zero-order valence-electron chi connectivity index (χ0n) is 13.5. The quantitative estimate of drug-likeness (QED) is 0.263. The second kappa shape index (κ2) is 8.22. The lowest BCUT2D eigenvalue weighted by Crippen LogP contribution is -2.67. The molecule has 0 bridgehead atoms. The fourth-order valence-corrected chi connectivity index (χ4v) is 1.32. The third kappa shape index (κ3) is 4.80. The van der Waals surface area contributed by atoms with Gasteiger partial charge in [-0.2, -0.15) is 65.9 Å². The second-order valence-electron chi connectivity index (χ2n) is 4.88. The Morgan fingerprint density at radius 2 is 1.23 bits per heavy atom. The van der Waals surface area contributed by atoms with Gasteiger partial charge in [-0.1, -0.05) is 0 Å². The van der Waals surface area contributed by atoms with Crippen molar-refractivity contribution in [2.75, 3.05) is 13.7 Å². The van der Waals surface area contributed by atoms with E-state index in [9.17, 15) is 70.7 Å². The van der Waals surface area contributed by atoms with E-state index in [-0.39, 0.29) is 7.11 Å². The molecule has 0 saturated carbocycles. The molecule has 0 aliphatic rings. The average Bonchev–Trinajstić information content (AvgIpc) is 2.56. The molecular weight excluding hydrogens is 481 g/mol. The molecule has 4 nitrogen and oxygen atoms in total. The zero-order chi connectivity index (χ0) is 24.6. The SMILES string of the molecule is COC(=O)C(F)(F)C(F)(F)C(F)(F)OC(F)(C(F)(F)F)C(F)(F)COC(F)=C(F)F. The molecule has 30 heavy (non-hydrogen) atoms. The van der Waals surface area contributed by atoms with E-state index < -0.39 is 60.6 Å². The molecule has 0 aromatic rings. The van der Waals surface area contributed by atoms with Gasteiger partial charge in [-0.15, -0.1) is 0 Å². The van der Waals surface area contributed by atoms with Gasteiger partial charge in [0.1, 0.15) is 0 Å². The summed E-state index contributed by atoms with van der Waals surface area (Å²) >= 11 is 0. The maximum absolute atomic E-state index is 13.7. The van der Waals surface area contributed by atoms with Gasteiger partial charge in [0.15, 0.2) is 6.61 Å². The van der Waals surface area contributed by atoms with Gasteiger partial charge in [-0.3, -0.25) is 4.74 Å². The van der Waals surface area contributed by atoms with Crippen LogP contribution in [0.3, 0.4) is 0 Å². The van der Waals surface area contributed by atoms with Crippen LogP contribution in [-0.2, 0) is 19.0 Å². The molecule has 0 aromatic heterocycles. The van der Waals surface area contributed by atoms with Gasteiger partial charge in [0, 0.05) is 0 Å². The molecule has 0 aromatic carbocycles. The summed E-state index contributed by atoms with van der Waals surface area (Å²) in [4.78, 5) is 10.5. The molecule has 0 fully saturated rings. The van der Waals surface area contributed by atoms with Gasteiger partial charge in [0.05, 0.1) is 7.11 Å². The predicted octanol–water partition coefficient (Wildman–Crippen LogP) is 4.95. The Morgan fingerprint density at radius 3 is 1.57 bits per heavy atom. The van der Waals surface area contributed by atoms with Crippen molar-refractivity contribution in [3.63, 3.8) is 0 Å². The molecule has 0 heterocycles. The van der Waals surface area contributed by atoms with Crippen LogP contribution in [0, 0.1) is 0 Å². The molecule has 178 valence electrons. The summed E-state index contributed by atoms with van der Waals surface area (Å²) in [5.41, 5.74) is 0. The number of ether oxygens (including phenoxy) is 3. The lowest BCUT2D eigenvalue weighted by Gasteiger charge is -2.39. The van der Waals surface area contributed by atoms with Crippen molar-refractivity contribution in [3.05, 3.63) is 12.1 Å². The van der Waals surface area contributed by atoms with Gasteiger partial charge in [0.2, 0.25) is 0 Å². The molecule has 0 radical (unpaired) electrons. The Morgan fingerprint density at radius 1 is 0.800 bits per heavy atom. The van der Waals surface area contributed by atoms with Crippen LogP contribution in [0.5, 0.6) is 0 Å². The van der Waals surface area contributed by atoms with Crippen LogP contribution in [0.2, 0.25) is 0 Å². The highest BCUT2D eigenvalue weighted by atomic mass is 19.4. The number of hydrogen-bond donors (Lipinski definition) is 0. The molecule has 0 N–H and O–H groups in total. The molecule has 0 aliphatic heterocycles. The van der Waals surface area contributed by atoms with E-state index in [1.807, 2.05) is 0 Å². The molecule has 0 aliphatic carbocycles. The lowest BCUT2D eigenvalue weighted by atomic mass is 10.1. The Hall–Kier alpha value is -2.08. The average molecular weight is 486 g/mol. The van der Waals surface area contributed by atoms with Gasteiger partial charge < -0.3 is 9.47 Å². The van der Waals surface area contributed by atoms with Crippen LogP contribution < -0.4 is 0 Å². The first-order chi connectivity index (χ1) is 13.0. The third-order valence-electron chi connectivity index (χ3n) is 2.83. The minimum atomic E-state index is -7.53. The van der Waals surface area contributed by atoms with Crippen LogP contribution in [0.25, 0.3) is 0 Å². The molecule has 0 spiro atoms. The summed E-state index contributed by atoms with van der Waals surface area (Å²) in [7, 11) is -0.0853. The van der Waals surface area contributed by atoms with E-state index in [4.69, 9.17) is 0 Å². The lowest BCUT2D eigenvalue weighted by molar-refractivity contribution is -0.499. The molecule has 1 atom stereocenters. The van der Waals surface area contributed by atoms with Crippen molar-refractivity contribution in [1.82, 2.24) is 0 Å². The highest BCUT2D eigenvalue weighted by molar-refractivity contribution is 5.79. The van der Waals surface area contributed by atoms with E-state index in [0.29, 0.717) is 0 Å². The Kier molecular flexibility index (Phi) is 7.65. The van der Waals surface area contributed by atoms with Gasteiger partial charge >= 0.3 is 54.0 Å². The highest BCUT2D eigenvalue weighted by Gasteiger charge is 2.83. The summed E-state index contributed by atoms with van der Waals surface area (Å²) in [6.07, 6.45) is -18.6. The normalized spacial score (nSPS) is 16.0. The smallest absolute Gasteiger partial charge is 0.455 e. The molecule has 1 unspecified atom stereocenters. The molecular formula is C11H5F15O4. The van der Waals surface area contributed by atoms with Crippen molar-refractivity contribution in [1.29, 1.82) is 0 Å². The fraction of sp³-hybridized carbons (Fsp3) is 0.727. The minimum absolute atomic E-state index is 0.0853. The first-order valence-electron chi connectivity index (χ1n) is 6.41. The van der Waals surface area contributed by atoms with Gasteiger partial charge in [0.25, 0.3) is 0 Å². The Labute approximate surface area is 154 Å². The van der Waals surface area contributed by atoms with E-state index >= 15 is 0 Å². The van der Waals surface area contributed by atoms with Crippen molar-refractivity contribution in [2.45, 2.75) is 35.9 Å². The monoisotopic (exact) mass is 486 g/mol. The molecule has 0 amide bonds. The maximum atomic E-state index is 13.7. The summed E-state index contributed by atoms with van der Waals surface area (Å²) in [5, 5.41) is 0. The summed E-state index contributed by atoms with van der Waals surface area (Å²) in [6, 6.07) is -3.35. The van der Waals surface area contributed by atoms with Crippen molar-refractivity contribution in [3.8, 4) is 0 Å². The predicted molar refractivity (Wildman–Crippen MR) is 59.1 cm³/mol. The summed E-state index contributed by atoms with van der Waals surface area (Å²) < 4.78 is 200. The van der Waals surface area contributed by atoms with Crippen LogP contribution in [-0.4, -0.2) is 55.6 Å². The van der Waals surface area contributed by atoms with E-state index in [1.165, 1.54) is 0 Å². The largest absolute Gasteiger partial charge is 0.464 e. The number of carbonyl (C=O) groups excluding carboxylic acids is 1. The highest BCUT2D eigenvalue weighted by Crippen LogP contribution is 2.54. The van der Waals surface area contributed by atoms with Gasteiger partial charge in [-0.05, 0) is 0 Å². The Balaban J connectivity index is 6.30. The number of hydrogen-bond acceptors (Lipinski definition) is 4. The first-order valence-corrected chi connectivity index (χ1v) is 6.41. The number of carbonyl (C=O) groups is 1. The van der Waals surface area contributed by atoms with E-state index in [2.05, 4.69) is 9.47 Å². The van der Waals surface area contributed by atoms with E-state index in [1.54, 1.807) is 4.74 Å². The number of methoxy groups -OCH3 is 1. The standard InChI is InChI=1S/C11H5F15O4/c1-28-5(27)7(17,18)8(19,20)11(25,26)30-9(21,10(22,23)24)6(15,16)2-29-4(14)3(12)13/h2H2,1H3. The topological polar surface area (TPSA) is 44.8 Å². The number of alkyl halides is 12. The zero-order valence-corrected chi connectivity index (χ0v) is 13.5. The second-order valence-corrected chi connectivity index (χ2v) is 4.88. The van der Waals surface area contributed by atoms with Crippen molar-refractivity contribution in [2.24, 2.45) is 0 Å². The van der Waals surface area contributed by atoms with Crippen LogP contribution >= 0.6 is 0 Å². The summed E-state index contributed by atoms with van der Waals surface area (Å²) in [5.74, 6) is -31.8. The first kappa shape index (κ1) is 27.9. The summed E-state index contributed by atoms with van der Waals surface area (Å²) in [6.45, 7) is -3.51. The van der Waals surface area contributed by atoms with Crippen LogP contribution in [0.15, 0.2) is 12.1 Å². The van der Waals surface area contributed by atoms with Crippen molar-refractivity contribution < 1.29 is 84.9 Å².